The van der Waals surface area contributed by atoms with Crippen molar-refractivity contribution >= 4 is 19.9 Å². The second kappa shape index (κ2) is 5.37. The van der Waals surface area contributed by atoms with Crippen molar-refractivity contribution in [3.63, 3.8) is 0 Å². The molecular formula is C14H21NO4S2. The molecule has 0 radical (unpaired) electrons. The first-order chi connectivity index (χ1) is 9.53. The van der Waals surface area contributed by atoms with Gasteiger partial charge in [-0.25, -0.2) is 21.6 Å². The van der Waals surface area contributed by atoms with Gasteiger partial charge < -0.3 is 0 Å². The van der Waals surface area contributed by atoms with Gasteiger partial charge in [0.1, 0.15) is 0 Å². The van der Waals surface area contributed by atoms with Crippen LogP contribution >= 0.6 is 0 Å². The lowest BCUT2D eigenvalue weighted by Gasteiger charge is -2.18. The summed E-state index contributed by atoms with van der Waals surface area (Å²) in [6.45, 7) is 7.31. The molecule has 0 aliphatic carbocycles. The van der Waals surface area contributed by atoms with Crippen LogP contribution in [0.4, 0.5) is 0 Å². The smallest absolute Gasteiger partial charge is 0.229 e. The maximum Gasteiger partial charge on any atom is 0.241 e. The molecule has 21 heavy (non-hydrogen) atoms. The van der Waals surface area contributed by atoms with Gasteiger partial charge >= 0.3 is 0 Å². The minimum atomic E-state index is -3.71. The number of benzene rings is 1. The van der Waals surface area contributed by atoms with E-state index in [-0.39, 0.29) is 16.4 Å². The lowest BCUT2D eigenvalue weighted by molar-refractivity contribution is 0.561. The number of hydrogen-bond donors (Lipinski definition) is 1. The zero-order chi connectivity index (χ0) is 16.0. The second-order valence-electron chi connectivity index (χ2n) is 5.81. The number of sulfonamides is 1. The van der Waals surface area contributed by atoms with Gasteiger partial charge in [-0.05, 0) is 56.4 Å². The summed E-state index contributed by atoms with van der Waals surface area (Å²) in [6.07, 6.45) is 0.338. The molecule has 0 spiro atoms. The second-order valence-corrected chi connectivity index (χ2v) is 9.69. The molecule has 1 fully saturated rings. The fraction of sp³-hybridized carbons (Fsp3) is 0.571. The van der Waals surface area contributed by atoms with Gasteiger partial charge in [0.15, 0.2) is 9.84 Å². The topological polar surface area (TPSA) is 80.3 Å². The molecule has 1 saturated heterocycles. The van der Waals surface area contributed by atoms with Crippen molar-refractivity contribution < 1.29 is 16.8 Å². The van der Waals surface area contributed by atoms with Crippen LogP contribution in [0.3, 0.4) is 0 Å². The summed E-state index contributed by atoms with van der Waals surface area (Å²) in [7, 11) is -6.83. The molecule has 1 heterocycles. The molecule has 1 aromatic carbocycles. The Balaban J connectivity index is 2.42. The highest BCUT2D eigenvalue weighted by Crippen LogP contribution is 2.26. The summed E-state index contributed by atoms with van der Waals surface area (Å²) in [5.41, 5.74) is 3.26. The lowest BCUT2D eigenvalue weighted by atomic mass is 10.0. The highest BCUT2D eigenvalue weighted by Gasteiger charge is 2.32. The number of nitrogens with one attached hydrogen (secondary N) is 1. The number of sulfone groups is 1. The molecule has 0 amide bonds. The zero-order valence-corrected chi connectivity index (χ0v) is 14.4. The van der Waals surface area contributed by atoms with Crippen LogP contribution in [0, 0.1) is 27.7 Å². The van der Waals surface area contributed by atoms with E-state index in [4.69, 9.17) is 0 Å². The van der Waals surface area contributed by atoms with E-state index >= 15 is 0 Å². The van der Waals surface area contributed by atoms with E-state index in [1.165, 1.54) is 0 Å². The molecule has 1 atom stereocenters. The van der Waals surface area contributed by atoms with E-state index in [1.807, 2.05) is 19.9 Å². The van der Waals surface area contributed by atoms with E-state index in [0.717, 1.165) is 11.1 Å². The minimum absolute atomic E-state index is 0.0466. The summed E-state index contributed by atoms with van der Waals surface area (Å²) < 4.78 is 50.8. The van der Waals surface area contributed by atoms with Gasteiger partial charge in [0.05, 0.1) is 16.4 Å². The first-order valence-corrected chi connectivity index (χ1v) is 10.1. The van der Waals surface area contributed by atoms with Crippen LogP contribution < -0.4 is 4.72 Å². The first-order valence-electron chi connectivity index (χ1n) is 6.83. The van der Waals surface area contributed by atoms with Gasteiger partial charge in [-0.2, -0.15) is 0 Å². The molecular weight excluding hydrogens is 310 g/mol. The van der Waals surface area contributed by atoms with E-state index in [2.05, 4.69) is 4.72 Å². The van der Waals surface area contributed by atoms with Crippen LogP contribution in [0.1, 0.15) is 28.7 Å². The molecule has 5 nitrogen and oxygen atoms in total. The zero-order valence-electron chi connectivity index (χ0n) is 12.7. The number of rotatable bonds is 3. The molecule has 0 unspecified atom stereocenters. The highest BCUT2D eigenvalue weighted by molar-refractivity contribution is 7.92. The summed E-state index contributed by atoms with van der Waals surface area (Å²) in [4.78, 5) is 0.282. The molecule has 1 N–H and O–H groups in total. The van der Waals surface area contributed by atoms with Gasteiger partial charge in [0.2, 0.25) is 10.0 Å². The Morgan fingerprint density at radius 2 is 1.62 bits per heavy atom. The average Bonchev–Trinajstić information content (AvgIpc) is 2.65. The van der Waals surface area contributed by atoms with Crippen molar-refractivity contribution in [1.82, 2.24) is 4.72 Å². The Bertz CT molecular complexity index is 753. The molecule has 0 saturated carbocycles. The van der Waals surface area contributed by atoms with E-state index in [1.54, 1.807) is 13.8 Å². The van der Waals surface area contributed by atoms with Gasteiger partial charge in [0, 0.05) is 6.04 Å². The van der Waals surface area contributed by atoms with Crippen LogP contribution in [0.5, 0.6) is 0 Å². The average molecular weight is 331 g/mol. The quantitative estimate of drug-likeness (QED) is 0.907. The standard InChI is InChI=1S/C14H21NO4S2/c1-9-7-10(2)12(4)14(11(9)3)21(18,19)15-13-5-6-20(16,17)8-13/h7,13,15H,5-6,8H2,1-4H3/t13-/m1/s1. The van der Waals surface area contributed by atoms with Crippen LogP contribution in [0.15, 0.2) is 11.0 Å². The Morgan fingerprint density at radius 1 is 1.10 bits per heavy atom. The Hall–Kier alpha value is -0.920. The number of aryl methyl sites for hydroxylation is 2. The van der Waals surface area contributed by atoms with Gasteiger partial charge in [-0.15, -0.1) is 0 Å². The van der Waals surface area contributed by atoms with Gasteiger partial charge in [-0.3, -0.25) is 0 Å². The SMILES string of the molecule is Cc1cc(C)c(C)c(S(=O)(=O)N[C@@H]2CCS(=O)(=O)C2)c1C. The molecule has 118 valence electrons. The number of hydrogen-bond acceptors (Lipinski definition) is 4. The molecule has 1 aliphatic rings. The first kappa shape index (κ1) is 16.5. The summed E-state index contributed by atoms with van der Waals surface area (Å²) in [6, 6.07) is 1.43. The fourth-order valence-electron chi connectivity index (χ4n) is 2.75. The van der Waals surface area contributed by atoms with Crippen molar-refractivity contribution in [2.24, 2.45) is 0 Å². The lowest BCUT2D eigenvalue weighted by Crippen LogP contribution is -2.36. The molecule has 1 aliphatic heterocycles. The van der Waals surface area contributed by atoms with E-state index in [9.17, 15) is 16.8 Å². The van der Waals surface area contributed by atoms with E-state index < -0.39 is 25.9 Å². The maximum absolute atomic E-state index is 12.6. The third-order valence-corrected chi connectivity index (χ3v) is 7.68. The Labute approximate surface area is 126 Å². The van der Waals surface area contributed by atoms with Gasteiger partial charge in [-0.1, -0.05) is 6.07 Å². The largest absolute Gasteiger partial charge is 0.241 e. The molecule has 1 aromatic rings. The summed E-state index contributed by atoms with van der Waals surface area (Å²) >= 11 is 0. The molecule has 2 rings (SSSR count). The van der Waals surface area contributed by atoms with Crippen LogP contribution in [0.25, 0.3) is 0 Å². The normalized spacial score (nSPS) is 21.6. The van der Waals surface area contributed by atoms with Crippen molar-refractivity contribution in [1.29, 1.82) is 0 Å². The predicted octanol–water partition coefficient (Wildman–Crippen LogP) is 1.39. The highest BCUT2D eigenvalue weighted by atomic mass is 32.2. The molecule has 0 aromatic heterocycles. The van der Waals surface area contributed by atoms with Crippen LogP contribution in [-0.4, -0.2) is 34.4 Å². The van der Waals surface area contributed by atoms with Gasteiger partial charge in [0.25, 0.3) is 0 Å². The minimum Gasteiger partial charge on any atom is -0.229 e. The summed E-state index contributed by atoms with van der Waals surface area (Å²) in [5, 5.41) is 0. The molecule has 7 heteroatoms. The van der Waals surface area contributed by atoms with Crippen molar-refractivity contribution in [3.05, 3.63) is 28.3 Å². The fourth-order valence-corrected chi connectivity index (χ4v) is 6.41. The van der Waals surface area contributed by atoms with Crippen molar-refractivity contribution in [2.45, 2.75) is 45.1 Å². The van der Waals surface area contributed by atoms with Crippen molar-refractivity contribution in [3.8, 4) is 0 Å². The maximum atomic E-state index is 12.6. The Kier molecular flexibility index (Phi) is 4.21. The third-order valence-electron chi connectivity index (χ3n) is 4.12. The monoisotopic (exact) mass is 331 g/mol. The summed E-state index contributed by atoms with van der Waals surface area (Å²) in [5.74, 6) is -0.0693. The predicted molar refractivity (Wildman–Crippen MR) is 82.8 cm³/mol. The van der Waals surface area contributed by atoms with E-state index in [0.29, 0.717) is 17.5 Å². The third kappa shape index (κ3) is 3.30. The van der Waals surface area contributed by atoms with Crippen LogP contribution in [-0.2, 0) is 19.9 Å². The Morgan fingerprint density at radius 3 is 2.05 bits per heavy atom. The van der Waals surface area contributed by atoms with Crippen molar-refractivity contribution in [2.75, 3.05) is 11.5 Å². The van der Waals surface area contributed by atoms with Crippen LogP contribution in [0.2, 0.25) is 0 Å². The molecule has 0 bridgehead atoms.